The Labute approximate surface area is 139 Å². The second-order valence-corrected chi connectivity index (χ2v) is 6.16. The summed E-state index contributed by atoms with van der Waals surface area (Å²) in [7, 11) is 0. The van der Waals surface area contributed by atoms with Crippen molar-refractivity contribution in [2.24, 2.45) is 5.92 Å². The molecule has 4 nitrogen and oxygen atoms in total. The average Bonchev–Trinajstić information content (AvgIpc) is 2.47. The van der Waals surface area contributed by atoms with Crippen molar-refractivity contribution >= 4 is 18.3 Å². The van der Waals surface area contributed by atoms with Crippen LogP contribution in [0.2, 0.25) is 0 Å². The van der Waals surface area contributed by atoms with E-state index < -0.39 is 0 Å². The number of nitrogens with zero attached hydrogens (tertiary/aromatic N) is 1. The maximum atomic E-state index is 12.4. The highest BCUT2D eigenvalue weighted by Crippen LogP contribution is 2.15. The summed E-state index contributed by atoms with van der Waals surface area (Å²) in [6.07, 6.45) is 1.04. The third-order valence-corrected chi connectivity index (χ3v) is 3.72. The van der Waals surface area contributed by atoms with Crippen LogP contribution >= 0.6 is 12.4 Å². The Balaban J connectivity index is 0.00000242. The van der Waals surface area contributed by atoms with Crippen molar-refractivity contribution in [1.82, 2.24) is 10.2 Å². The summed E-state index contributed by atoms with van der Waals surface area (Å²) in [5, 5.41) is 3.35. The van der Waals surface area contributed by atoms with Crippen molar-refractivity contribution < 1.29 is 9.53 Å². The zero-order valence-electron chi connectivity index (χ0n) is 13.7. The van der Waals surface area contributed by atoms with Gasteiger partial charge in [-0.15, -0.1) is 12.4 Å². The lowest BCUT2D eigenvalue weighted by Crippen LogP contribution is -2.51. The Morgan fingerprint density at radius 3 is 2.64 bits per heavy atom. The van der Waals surface area contributed by atoms with Crippen LogP contribution < -0.4 is 10.1 Å². The smallest absolute Gasteiger partial charge is 0.253 e. The van der Waals surface area contributed by atoms with Gasteiger partial charge in [0.25, 0.3) is 5.91 Å². The summed E-state index contributed by atoms with van der Waals surface area (Å²) in [6, 6.07) is 7.86. The second kappa shape index (κ2) is 9.01. The fraction of sp³-hybridized carbons (Fsp3) is 0.588. The van der Waals surface area contributed by atoms with E-state index in [1.165, 1.54) is 0 Å². The monoisotopic (exact) mass is 326 g/mol. The molecule has 1 aliphatic rings. The summed E-state index contributed by atoms with van der Waals surface area (Å²) in [6.45, 7) is 9.59. The first kappa shape index (κ1) is 18.8. The van der Waals surface area contributed by atoms with E-state index >= 15 is 0 Å². The van der Waals surface area contributed by atoms with E-state index in [9.17, 15) is 4.79 Å². The van der Waals surface area contributed by atoms with Gasteiger partial charge >= 0.3 is 0 Å². The van der Waals surface area contributed by atoms with Gasteiger partial charge < -0.3 is 15.0 Å². The number of ether oxygens (including phenoxy) is 1. The van der Waals surface area contributed by atoms with Gasteiger partial charge in [0.15, 0.2) is 0 Å². The molecule has 22 heavy (non-hydrogen) atoms. The van der Waals surface area contributed by atoms with Crippen molar-refractivity contribution in [3.8, 4) is 5.75 Å². The topological polar surface area (TPSA) is 41.6 Å². The van der Waals surface area contributed by atoms with Crippen molar-refractivity contribution in [2.45, 2.75) is 33.2 Å². The van der Waals surface area contributed by atoms with Gasteiger partial charge in [-0.3, -0.25) is 4.79 Å². The fourth-order valence-corrected chi connectivity index (χ4v) is 2.41. The summed E-state index contributed by atoms with van der Waals surface area (Å²) >= 11 is 0. The molecule has 1 amide bonds. The number of halogens is 1. The minimum Gasteiger partial charge on any atom is -0.494 e. The normalized spacial score (nSPS) is 18.0. The Kier molecular flexibility index (Phi) is 7.69. The number of benzene rings is 1. The number of hydrogen-bond donors (Lipinski definition) is 1. The van der Waals surface area contributed by atoms with Crippen LogP contribution in [0.4, 0.5) is 0 Å². The maximum Gasteiger partial charge on any atom is 0.253 e. The molecule has 2 rings (SSSR count). The highest BCUT2D eigenvalue weighted by atomic mass is 35.5. The number of amides is 1. The van der Waals surface area contributed by atoms with E-state index in [4.69, 9.17) is 4.74 Å². The van der Waals surface area contributed by atoms with Crippen LogP contribution in [0.5, 0.6) is 5.75 Å². The van der Waals surface area contributed by atoms with E-state index in [-0.39, 0.29) is 18.3 Å². The SMILES string of the molecule is CC(C)CCOc1ccc(C(=O)N2CCNC(C)C2)cc1.Cl. The Morgan fingerprint density at radius 1 is 1.36 bits per heavy atom. The molecule has 0 aliphatic carbocycles. The zero-order chi connectivity index (χ0) is 15.2. The van der Waals surface area contributed by atoms with Crippen molar-refractivity contribution in [2.75, 3.05) is 26.2 Å². The molecule has 124 valence electrons. The van der Waals surface area contributed by atoms with E-state index in [0.29, 0.717) is 12.0 Å². The van der Waals surface area contributed by atoms with Gasteiger partial charge in [0.05, 0.1) is 6.61 Å². The highest BCUT2D eigenvalue weighted by Gasteiger charge is 2.21. The first-order chi connectivity index (χ1) is 10.1. The number of carbonyl (C=O) groups excluding carboxylic acids is 1. The van der Waals surface area contributed by atoms with E-state index in [0.717, 1.165) is 44.0 Å². The molecule has 1 aromatic rings. The lowest BCUT2D eigenvalue weighted by Gasteiger charge is -2.32. The van der Waals surface area contributed by atoms with Crippen LogP contribution in [-0.2, 0) is 0 Å². The zero-order valence-corrected chi connectivity index (χ0v) is 14.5. The minimum absolute atomic E-state index is 0. The third-order valence-electron chi connectivity index (χ3n) is 3.72. The molecule has 1 atom stereocenters. The van der Waals surface area contributed by atoms with Crippen molar-refractivity contribution in [3.05, 3.63) is 29.8 Å². The van der Waals surface area contributed by atoms with Gasteiger partial charge in [0.1, 0.15) is 5.75 Å². The van der Waals surface area contributed by atoms with E-state index in [1.807, 2.05) is 29.2 Å². The maximum absolute atomic E-state index is 12.4. The number of carbonyl (C=O) groups is 1. The van der Waals surface area contributed by atoms with Gasteiger partial charge in [0.2, 0.25) is 0 Å². The molecule has 0 spiro atoms. The molecule has 1 unspecified atom stereocenters. The van der Waals surface area contributed by atoms with Crippen LogP contribution in [0.25, 0.3) is 0 Å². The van der Waals surface area contributed by atoms with E-state index in [1.54, 1.807) is 0 Å². The summed E-state index contributed by atoms with van der Waals surface area (Å²) in [5.41, 5.74) is 0.736. The summed E-state index contributed by atoms with van der Waals surface area (Å²) in [5.74, 6) is 1.58. The molecule has 0 saturated carbocycles. The average molecular weight is 327 g/mol. The number of hydrogen-bond acceptors (Lipinski definition) is 3. The molecule has 1 saturated heterocycles. The molecule has 0 bridgehead atoms. The highest BCUT2D eigenvalue weighted by molar-refractivity contribution is 5.94. The van der Waals surface area contributed by atoms with Gasteiger partial charge in [-0.1, -0.05) is 13.8 Å². The number of nitrogens with one attached hydrogen (secondary N) is 1. The molecule has 1 heterocycles. The number of rotatable bonds is 5. The predicted molar refractivity (Wildman–Crippen MR) is 92.0 cm³/mol. The Morgan fingerprint density at radius 2 is 2.05 bits per heavy atom. The summed E-state index contributed by atoms with van der Waals surface area (Å²) < 4.78 is 5.68. The Hall–Kier alpha value is -1.26. The van der Waals surface area contributed by atoms with E-state index in [2.05, 4.69) is 26.1 Å². The molecular weight excluding hydrogens is 300 g/mol. The van der Waals surface area contributed by atoms with Crippen LogP contribution in [-0.4, -0.2) is 43.1 Å². The Bertz CT molecular complexity index is 462. The van der Waals surface area contributed by atoms with Gasteiger partial charge in [-0.05, 0) is 43.5 Å². The van der Waals surface area contributed by atoms with Crippen LogP contribution in [0.3, 0.4) is 0 Å². The van der Waals surface area contributed by atoms with Crippen molar-refractivity contribution in [1.29, 1.82) is 0 Å². The molecule has 5 heteroatoms. The van der Waals surface area contributed by atoms with Gasteiger partial charge in [-0.2, -0.15) is 0 Å². The lowest BCUT2D eigenvalue weighted by molar-refractivity contribution is 0.0709. The predicted octanol–water partition coefficient (Wildman–Crippen LogP) is 2.97. The molecule has 0 radical (unpaired) electrons. The van der Waals surface area contributed by atoms with Crippen LogP contribution in [0, 0.1) is 5.92 Å². The third kappa shape index (κ3) is 5.50. The lowest BCUT2D eigenvalue weighted by atomic mass is 10.1. The summed E-state index contributed by atoms with van der Waals surface area (Å²) in [4.78, 5) is 14.3. The molecule has 0 aromatic heterocycles. The first-order valence-electron chi connectivity index (χ1n) is 7.82. The molecular formula is C17H27ClN2O2. The first-order valence-corrected chi connectivity index (χ1v) is 7.82. The molecule has 1 aliphatic heterocycles. The molecule has 1 fully saturated rings. The van der Waals surface area contributed by atoms with Crippen LogP contribution in [0.15, 0.2) is 24.3 Å². The quantitative estimate of drug-likeness (QED) is 0.904. The van der Waals surface area contributed by atoms with Gasteiger partial charge in [-0.25, -0.2) is 0 Å². The van der Waals surface area contributed by atoms with Crippen molar-refractivity contribution in [3.63, 3.8) is 0 Å². The minimum atomic E-state index is 0. The largest absolute Gasteiger partial charge is 0.494 e. The standard InChI is InChI=1S/C17H26N2O2.ClH/c1-13(2)8-11-21-16-6-4-15(5-7-16)17(20)19-10-9-18-14(3)12-19;/h4-7,13-14,18H,8-12H2,1-3H3;1H. The van der Waals surface area contributed by atoms with Crippen LogP contribution in [0.1, 0.15) is 37.6 Å². The molecule has 1 N–H and O–H groups in total. The fourth-order valence-electron chi connectivity index (χ4n) is 2.41. The van der Waals surface area contributed by atoms with Gasteiger partial charge in [0, 0.05) is 31.2 Å². The molecule has 1 aromatic carbocycles. The second-order valence-electron chi connectivity index (χ2n) is 6.16. The number of piperazine rings is 1.